The molecule has 3 rings (SSSR count). The van der Waals surface area contributed by atoms with Crippen LogP contribution in [0.4, 0.5) is 0 Å². The smallest absolute Gasteiger partial charge is 0.227 e. The highest BCUT2D eigenvalue weighted by molar-refractivity contribution is 7.91. The molecule has 6 heteroatoms. The number of hydrogen-bond donors (Lipinski definition) is 0. The van der Waals surface area contributed by atoms with Gasteiger partial charge in [0.05, 0.1) is 17.9 Å². The molecule has 0 radical (unpaired) electrons. The van der Waals surface area contributed by atoms with Gasteiger partial charge in [0.15, 0.2) is 9.84 Å². The lowest BCUT2D eigenvalue weighted by atomic mass is 10.1. The van der Waals surface area contributed by atoms with Crippen molar-refractivity contribution in [2.24, 2.45) is 0 Å². The second-order valence-corrected chi connectivity index (χ2v) is 8.22. The van der Waals surface area contributed by atoms with Crippen LogP contribution >= 0.6 is 0 Å². The lowest BCUT2D eigenvalue weighted by molar-refractivity contribution is -0.130. The number of carbonyl (C=O) groups excluding carboxylic acids is 1. The Morgan fingerprint density at radius 3 is 2.43 bits per heavy atom. The quantitative estimate of drug-likeness (QED) is 0.856. The van der Waals surface area contributed by atoms with Crippen molar-refractivity contribution in [2.75, 3.05) is 18.6 Å². The molecule has 2 heterocycles. The topological polar surface area (TPSA) is 59.4 Å². The van der Waals surface area contributed by atoms with Gasteiger partial charge in [-0.1, -0.05) is 12.1 Å². The highest BCUT2D eigenvalue weighted by Gasteiger charge is 2.32. The van der Waals surface area contributed by atoms with Crippen molar-refractivity contribution in [1.82, 2.24) is 9.47 Å². The average Bonchev–Trinajstić information content (AvgIpc) is 3.16. The number of likely N-dealkylation sites (N-methyl/N-ethyl adjacent to an activating group) is 1. The molecular formula is C17H20N2O3S. The molecule has 1 aromatic carbocycles. The summed E-state index contributed by atoms with van der Waals surface area (Å²) in [6.07, 6.45) is 4.76. The zero-order valence-electron chi connectivity index (χ0n) is 13.1. The molecule has 1 amide bonds. The summed E-state index contributed by atoms with van der Waals surface area (Å²) in [6, 6.07) is 11.6. The number of rotatable bonds is 4. The summed E-state index contributed by atoms with van der Waals surface area (Å²) >= 11 is 0. The fraction of sp³-hybridized carbons (Fsp3) is 0.353. The van der Waals surface area contributed by atoms with Crippen LogP contribution in [0.25, 0.3) is 5.69 Å². The van der Waals surface area contributed by atoms with Crippen LogP contribution in [0.15, 0.2) is 48.8 Å². The van der Waals surface area contributed by atoms with E-state index in [0.717, 1.165) is 11.3 Å². The maximum absolute atomic E-state index is 12.3. The Balaban J connectivity index is 1.64. The molecule has 1 unspecified atom stereocenters. The van der Waals surface area contributed by atoms with E-state index in [-0.39, 0.29) is 23.5 Å². The lowest BCUT2D eigenvalue weighted by Crippen LogP contribution is -2.38. The van der Waals surface area contributed by atoms with Crippen LogP contribution in [-0.2, 0) is 21.1 Å². The maximum Gasteiger partial charge on any atom is 0.227 e. The number of aromatic nitrogens is 1. The molecule has 0 saturated carbocycles. The Kier molecular flexibility index (Phi) is 4.26. The standard InChI is InChI=1S/C17H20N2O3S/c1-18(16-8-11-23(21,22)13-16)17(20)12-14-4-6-15(7-5-14)19-9-2-3-10-19/h2-7,9-10,16H,8,11-13H2,1H3. The van der Waals surface area contributed by atoms with Crippen molar-refractivity contribution in [2.45, 2.75) is 18.9 Å². The second-order valence-electron chi connectivity index (χ2n) is 6.00. The van der Waals surface area contributed by atoms with E-state index in [2.05, 4.69) is 0 Å². The van der Waals surface area contributed by atoms with E-state index in [1.807, 2.05) is 53.4 Å². The monoisotopic (exact) mass is 332 g/mol. The first-order valence-corrected chi connectivity index (χ1v) is 9.45. The Morgan fingerprint density at radius 1 is 1.22 bits per heavy atom. The van der Waals surface area contributed by atoms with Crippen molar-refractivity contribution >= 4 is 15.7 Å². The minimum absolute atomic E-state index is 0.0409. The normalized spacial score (nSPS) is 19.6. The molecule has 1 saturated heterocycles. The predicted molar refractivity (Wildman–Crippen MR) is 89.3 cm³/mol. The molecule has 1 aliphatic heterocycles. The van der Waals surface area contributed by atoms with Crippen LogP contribution in [0.3, 0.4) is 0 Å². The van der Waals surface area contributed by atoms with E-state index in [0.29, 0.717) is 12.8 Å². The molecule has 0 aliphatic carbocycles. The molecule has 122 valence electrons. The number of benzene rings is 1. The van der Waals surface area contributed by atoms with Gasteiger partial charge < -0.3 is 9.47 Å². The number of amides is 1. The molecule has 5 nitrogen and oxygen atoms in total. The SMILES string of the molecule is CN(C(=O)Cc1ccc(-n2cccc2)cc1)C1CCS(=O)(=O)C1. The van der Waals surface area contributed by atoms with E-state index in [4.69, 9.17) is 0 Å². The van der Waals surface area contributed by atoms with E-state index in [1.165, 1.54) is 0 Å². The van der Waals surface area contributed by atoms with Crippen LogP contribution < -0.4 is 0 Å². The third-order valence-electron chi connectivity index (χ3n) is 4.34. The van der Waals surface area contributed by atoms with Gasteiger partial charge in [0, 0.05) is 31.2 Å². The summed E-state index contributed by atoms with van der Waals surface area (Å²) < 4.78 is 25.1. The highest BCUT2D eigenvalue weighted by atomic mass is 32.2. The van der Waals surface area contributed by atoms with Crippen molar-refractivity contribution in [3.05, 3.63) is 54.4 Å². The first kappa shape index (κ1) is 15.8. The second kappa shape index (κ2) is 6.20. The molecule has 0 spiro atoms. The Morgan fingerprint density at radius 2 is 1.87 bits per heavy atom. The largest absolute Gasteiger partial charge is 0.341 e. The minimum Gasteiger partial charge on any atom is -0.341 e. The van der Waals surface area contributed by atoms with Crippen molar-refractivity contribution in [3.63, 3.8) is 0 Å². The van der Waals surface area contributed by atoms with Crippen molar-refractivity contribution in [1.29, 1.82) is 0 Å². The fourth-order valence-electron chi connectivity index (χ4n) is 2.88. The summed E-state index contributed by atoms with van der Waals surface area (Å²) in [5.74, 6) is 0.226. The first-order chi connectivity index (χ1) is 10.9. The summed E-state index contributed by atoms with van der Waals surface area (Å²) in [4.78, 5) is 13.9. The minimum atomic E-state index is -2.97. The molecule has 1 aliphatic rings. The number of sulfone groups is 1. The Bertz CT molecular complexity index is 780. The van der Waals surface area contributed by atoms with E-state index in [1.54, 1.807) is 11.9 Å². The van der Waals surface area contributed by atoms with Crippen molar-refractivity contribution in [3.8, 4) is 5.69 Å². The van der Waals surface area contributed by atoms with E-state index >= 15 is 0 Å². The summed E-state index contributed by atoms with van der Waals surface area (Å²) in [5.41, 5.74) is 1.97. The van der Waals surface area contributed by atoms with Crippen LogP contribution in [0.1, 0.15) is 12.0 Å². The fourth-order valence-corrected chi connectivity index (χ4v) is 4.65. The van der Waals surface area contributed by atoms with Crippen LogP contribution in [0.2, 0.25) is 0 Å². The predicted octanol–water partition coefficient (Wildman–Crippen LogP) is 1.67. The zero-order valence-corrected chi connectivity index (χ0v) is 13.9. The molecule has 1 atom stereocenters. The molecule has 1 aromatic heterocycles. The van der Waals surface area contributed by atoms with E-state index in [9.17, 15) is 13.2 Å². The third kappa shape index (κ3) is 3.64. The third-order valence-corrected chi connectivity index (χ3v) is 6.09. The Hall–Kier alpha value is -2.08. The Labute approximate surface area is 136 Å². The summed E-state index contributed by atoms with van der Waals surface area (Å²) in [7, 11) is -1.28. The zero-order chi connectivity index (χ0) is 16.4. The van der Waals surface area contributed by atoms with Crippen LogP contribution in [0, 0.1) is 0 Å². The number of nitrogens with zero attached hydrogens (tertiary/aromatic N) is 2. The van der Waals surface area contributed by atoms with Gasteiger partial charge in [0.25, 0.3) is 0 Å². The molecule has 23 heavy (non-hydrogen) atoms. The number of hydrogen-bond acceptors (Lipinski definition) is 3. The maximum atomic E-state index is 12.3. The number of carbonyl (C=O) groups is 1. The summed E-state index contributed by atoms with van der Waals surface area (Å²) in [6.45, 7) is 0. The lowest BCUT2D eigenvalue weighted by Gasteiger charge is -2.23. The van der Waals surface area contributed by atoms with Crippen LogP contribution in [0.5, 0.6) is 0 Å². The highest BCUT2D eigenvalue weighted by Crippen LogP contribution is 2.18. The first-order valence-electron chi connectivity index (χ1n) is 7.63. The van der Waals surface area contributed by atoms with Gasteiger partial charge in [-0.15, -0.1) is 0 Å². The van der Waals surface area contributed by atoms with E-state index < -0.39 is 9.84 Å². The van der Waals surface area contributed by atoms with Gasteiger partial charge >= 0.3 is 0 Å². The van der Waals surface area contributed by atoms with Gasteiger partial charge in [0.1, 0.15) is 0 Å². The van der Waals surface area contributed by atoms with Gasteiger partial charge in [-0.2, -0.15) is 0 Å². The van der Waals surface area contributed by atoms with Gasteiger partial charge in [-0.05, 0) is 36.2 Å². The van der Waals surface area contributed by atoms with Gasteiger partial charge in [-0.25, -0.2) is 8.42 Å². The van der Waals surface area contributed by atoms with Crippen molar-refractivity contribution < 1.29 is 13.2 Å². The molecule has 0 N–H and O–H groups in total. The van der Waals surface area contributed by atoms with Crippen LogP contribution in [-0.4, -0.2) is 48.4 Å². The average molecular weight is 332 g/mol. The molecular weight excluding hydrogens is 312 g/mol. The van der Waals surface area contributed by atoms with Gasteiger partial charge in [-0.3, -0.25) is 4.79 Å². The van der Waals surface area contributed by atoms with Gasteiger partial charge in [0.2, 0.25) is 5.91 Å². The molecule has 0 bridgehead atoms. The summed E-state index contributed by atoms with van der Waals surface area (Å²) in [5, 5.41) is 0. The molecule has 1 fully saturated rings. The molecule has 2 aromatic rings.